The predicted octanol–water partition coefficient (Wildman–Crippen LogP) is 4.03. The van der Waals surface area contributed by atoms with Gasteiger partial charge in [-0.2, -0.15) is 0 Å². The molecule has 0 fully saturated rings. The summed E-state index contributed by atoms with van der Waals surface area (Å²) in [5, 5.41) is 8.96. The van der Waals surface area contributed by atoms with E-state index in [4.69, 9.17) is 9.84 Å². The monoisotopic (exact) mass is 264 g/mol. The van der Waals surface area contributed by atoms with Gasteiger partial charge in [0.05, 0.1) is 6.61 Å². The Kier molecular flexibility index (Phi) is 8.52. The summed E-state index contributed by atoms with van der Waals surface area (Å²) in [7, 11) is 0. The van der Waals surface area contributed by atoms with Crippen LogP contribution < -0.4 is 0 Å². The summed E-state index contributed by atoms with van der Waals surface area (Å²) >= 11 is 0. The summed E-state index contributed by atoms with van der Waals surface area (Å²) in [5.41, 5.74) is 1.24. The van der Waals surface area contributed by atoms with Crippen molar-refractivity contribution in [2.75, 3.05) is 13.2 Å². The van der Waals surface area contributed by atoms with Gasteiger partial charge in [-0.25, -0.2) is 0 Å². The number of ether oxygens (including phenoxy) is 1. The fourth-order valence-corrected chi connectivity index (χ4v) is 2.10. The lowest BCUT2D eigenvalue weighted by atomic mass is 9.97. The van der Waals surface area contributed by atoms with E-state index in [0.29, 0.717) is 18.4 Å². The third-order valence-corrected chi connectivity index (χ3v) is 3.57. The van der Waals surface area contributed by atoms with Gasteiger partial charge >= 0.3 is 0 Å². The van der Waals surface area contributed by atoms with Crippen LogP contribution in [0.25, 0.3) is 0 Å². The zero-order chi connectivity index (χ0) is 13.9. The fourth-order valence-electron chi connectivity index (χ4n) is 2.10. The normalized spacial score (nSPS) is 14.3. The van der Waals surface area contributed by atoms with Crippen molar-refractivity contribution in [3.63, 3.8) is 0 Å². The van der Waals surface area contributed by atoms with Crippen molar-refractivity contribution < 1.29 is 9.84 Å². The largest absolute Gasteiger partial charge is 0.396 e. The van der Waals surface area contributed by atoms with Gasteiger partial charge in [0.25, 0.3) is 0 Å². The Morgan fingerprint density at radius 1 is 1.00 bits per heavy atom. The number of hydrogen-bond donors (Lipinski definition) is 1. The molecule has 0 aliphatic carbocycles. The second kappa shape index (κ2) is 9.99. The lowest BCUT2D eigenvalue weighted by Gasteiger charge is -2.13. The summed E-state index contributed by atoms with van der Waals surface area (Å²) in [6, 6.07) is 10.3. The van der Waals surface area contributed by atoms with E-state index in [1.54, 1.807) is 0 Å². The van der Waals surface area contributed by atoms with Crippen molar-refractivity contribution in [1.29, 1.82) is 0 Å². The number of rotatable bonds is 10. The molecule has 0 amide bonds. The quantitative estimate of drug-likeness (QED) is 0.647. The first kappa shape index (κ1) is 16.2. The summed E-state index contributed by atoms with van der Waals surface area (Å²) in [4.78, 5) is 0. The van der Waals surface area contributed by atoms with Crippen LogP contribution in [0, 0.1) is 11.8 Å². The maximum Gasteiger partial charge on any atom is 0.0716 e. The van der Waals surface area contributed by atoms with Gasteiger partial charge in [0, 0.05) is 13.2 Å². The molecular weight excluding hydrogens is 236 g/mol. The molecule has 0 unspecified atom stereocenters. The topological polar surface area (TPSA) is 29.5 Å². The first-order chi connectivity index (χ1) is 9.22. The highest BCUT2D eigenvalue weighted by molar-refractivity contribution is 5.13. The van der Waals surface area contributed by atoms with E-state index in [-0.39, 0.29) is 0 Å². The Labute approximate surface area is 117 Å². The van der Waals surface area contributed by atoms with Gasteiger partial charge in [-0.15, -0.1) is 0 Å². The molecule has 0 bridgehead atoms. The van der Waals surface area contributed by atoms with Gasteiger partial charge in [-0.05, 0) is 30.2 Å². The molecule has 1 rings (SSSR count). The van der Waals surface area contributed by atoms with E-state index >= 15 is 0 Å². The Hall–Kier alpha value is -0.860. The van der Waals surface area contributed by atoms with Gasteiger partial charge < -0.3 is 9.84 Å². The number of aliphatic hydroxyl groups is 1. The van der Waals surface area contributed by atoms with E-state index in [9.17, 15) is 0 Å². The highest BCUT2D eigenvalue weighted by Crippen LogP contribution is 2.15. The van der Waals surface area contributed by atoms with E-state index < -0.39 is 0 Å². The third kappa shape index (κ3) is 8.02. The molecule has 1 aromatic carbocycles. The van der Waals surface area contributed by atoms with Gasteiger partial charge in [0.1, 0.15) is 0 Å². The fraction of sp³-hybridized carbons (Fsp3) is 0.647. The molecule has 0 radical (unpaired) electrons. The second-order valence-corrected chi connectivity index (χ2v) is 5.65. The molecule has 0 aliphatic rings. The first-order valence-corrected chi connectivity index (χ1v) is 7.45. The van der Waals surface area contributed by atoms with Crippen molar-refractivity contribution in [2.24, 2.45) is 11.8 Å². The van der Waals surface area contributed by atoms with Crippen molar-refractivity contribution in [1.82, 2.24) is 0 Å². The van der Waals surface area contributed by atoms with Crippen molar-refractivity contribution >= 4 is 0 Å². The summed E-state index contributed by atoms with van der Waals surface area (Å²) in [6.07, 6.45) is 4.70. The van der Waals surface area contributed by atoms with Crippen LogP contribution in [0.2, 0.25) is 0 Å². The van der Waals surface area contributed by atoms with Crippen LogP contribution in [0.3, 0.4) is 0 Å². The Balaban J connectivity index is 2.00. The zero-order valence-electron chi connectivity index (χ0n) is 12.3. The van der Waals surface area contributed by atoms with Gasteiger partial charge in [0.2, 0.25) is 0 Å². The molecule has 0 saturated heterocycles. The lowest BCUT2D eigenvalue weighted by Crippen LogP contribution is -2.05. The molecular formula is C17H28O2. The van der Waals surface area contributed by atoms with E-state index in [1.165, 1.54) is 18.4 Å². The minimum atomic E-state index is 0.314. The van der Waals surface area contributed by atoms with Gasteiger partial charge in [0.15, 0.2) is 0 Å². The van der Waals surface area contributed by atoms with E-state index in [2.05, 4.69) is 26.0 Å². The zero-order valence-corrected chi connectivity index (χ0v) is 12.3. The summed E-state index contributed by atoms with van der Waals surface area (Å²) < 4.78 is 5.70. The molecule has 0 spiro atoms. The minimum Gasteiger partial charge on any atom is -0.396 e. The Bertz CT molecular complexity index is 310. The van der Waals surface area contributed by atoms with Crippen molar-refractivity contribution in [3.8, 4) is 0 Å². The molecule has 0 aliphatic heterocycles. The number of benzene rings is 1. The minimum absolute atomic E-state index is 0.314. The van der Waals surface area contributed by atoms with Crippen molar-refractivity contribution in [3.05, 3.63) is 35.9 Å². The molecule has 0 aromatic heterocycles. The first-order valence-electron chi connectivity index (χ1n) is 7.45. The molecule has 0 saturated carbocycles. The average Bonchev–Trinajstić information content (AvgIpc) is 2.44. The van der Waals surface area contributed by atoms with E-state index in [0.717, 1.165) is 26.1 Å². The summed E-state index contributed by atoms with van der Waals surface area (Å²) in [5.74, 6) is 1.16. The Morgan fingerprint density at radius 3 is 2.37 bits per heavy atom. The van der Waals surface area contributed by atoms with Crippen LogP contribution in [-0.2, 0) is 11.3 Å². The molecule has 2 nitrogen and oxygen atoms in total. The van der Waals surface area contributed by atoms with Crippen LogP contribution in [0.15, 0.2) is 30.3 Å². The third-order valence-electron chi connectivity index (χ3n) is 3.57. The second-order valence-electron chi connectivity index (χ2n) is 5.65. The molecule has 2 heteroatoms. The maximum atomic E-state index is 8.96. The van der Waals surface area contributed by atoms with Gasteiger partial charge in [-0.3, -0.25) is 0 Å². The van der Waals surface area contributed by atoms with Crippen LogP contribution in [-0.4, -0.2) is 18.3 Å². The maximum absolute atomic E-state index is 8.96. The molecule has 0 heterocycles. The van der Waals surface area contributed by atoms with Crippen LogP contribution in [0.5, 0.6) is 0 Å². The Morgan fingerprint density at radius 2 is 1.68 bits per heavy atom. The predicted molar refractivity (Wildman–Crippen MR) is 80.0 cm³/mol. The van der Waals surface area contributed by atoms with Crippen molar-refractivity contribution in [2.45, 2.75) is 46.1 Å². The molecule has 2 atom stereocenters. The molecule has 108 valence electrons. The van der Waals surface area contributed by atoms with Crippen LogP contribution in [0.4, 0.5) is 0 Å². The van der Waals surface area contributed by atoms with Crippen LogP contribution in [0.1, 0.15) is 45.1 Å². The highest BCUT2D eigenvalue weighted by atomic mass is 16.5. The van der Waals surface area contributed by atoms with Gasteiger partial charge in [-0.1, -0.05) is 57.0 Å². The molecule has 19 heavy (non-hydrogen) atoms. The number of hydrogen-bond acceptors (Lipinski definition) is 2. The van der Waals surface area contributed by atoms with Crippen LogP contribution >= 0.6 is 0 Å². The smallest absolute Gasteiger partial charge is 0.0716 e. The summed E-state index contributed by atoms with van der Waals surface area (Å²) in [6.45, 7) is 6.26. The van der Waals surface area contributed by atoms with E-state index in [1.807, 2.05) is 18.2 Å². The molecule has 1 N–H and O–H groups in total. The number of aliphatic hydroxyl groups excluding tert-OH is 1. The molecule has 1 aromatic rings. The average molecular weight is 264 g/mol. The SMILES string of the molecule is C[C@@H](CCC[C@@H](C)CO)CCOCc1ccccc1. The standard InChI is InChI=1S/C17H28O2/c1-15(7-6-8-16(2)13-18)11-12-19-14-17-9-4-3-5-10-17/h3-5,9-10,15-16,18H,6-8,11-14H2,1-2H3/t15-,16+/m0/s1. The highest BCUT2D eigenvalue weighted by Gasteiger charge is 2.05. The lowest BCUT2D eigenvalue weighted by molar-refractivity contribution is 0.107.